The van der Waals surface area contributed by atoms with Crippen molar-refractivity contribution in [2.45, 2.75) is 53.9 Å². The fourth-order valence-electron chi connectivity index (χ4n) is 0.886. The number of hydrogen-bond donors (Lipinski definition) is 0. The first kappa shape index (κ1) is 17.4. The molecule has 0 N–H and O–H groups in total. The van der Waals surface area contributed by atoms with Crippen molar-refractivity contribution >= 4 is 0 Å². The lowest BCUT2D eigenvalue weighted by Crippen LogP contribution is -1.80. The zero-order chi connectivity index (χ0) is 13.1. The summed E-state index contributed by atoms with van der Waals surface area (Å²) in [6, 6.07) is 2.13. The van der Waals surface area contributed by atoms with Gasteiger partial charge in [0, 0.05) is 6.42 Å². The van der Waals surface area contributed by atoms with Crippen LogP contribution in [0.4, 0.5) is 0 Å². The van der Waals surface area contributed by atoms with Crippen LogP contribution >= 0.6 is 0 Å². The molecule has 0 aromatic carbocycles. The Hall–Kier alpha value is -0.980. The van der Waals surface area contributed by atoms with E-state index in [1.165, 1.54) is 5.56 Å². The second-order valence-corrected chi connectivity index (χ2v) is 4.59. The maximum atomic E-state index is 5.28. The van der Waals surface area contributed by atoms with Crippen molar-refractivity contribution in [1.82, 2.24) is 0 Å². The SMILES string of the molecule is C=C.CC(C)C.CCc1cc(C(C)C)co1. The third kappa shape index (κ3) is 9.57. The summed E-state index contributed by atoms with van der Waals surface area (Å²) in [7, 11) is 0. The smallest absolute Gasteiger partial charge is 0.103 e. The molecule has 16 heavy (non-hydrogen) atoms. The van der Waals surface area contributed by atoms with Gasteiger partial charge >= 0.3 is 0 Å². The third-order valence-corrected chi connectivity index (χ3v) is 1.69. The lowest BCUT2D eigenvalue weighted by atomic mass is 10.1. The predicted octanol–water partition coefficient (Wildman–Crippen LogP) is 5.43. The van der Waals surface area contributed by atoms with E-state index in [1.807, 2.05) is 6.26 Å². The molecule has 1 aromatic heterocycles. The minimum absolute atomic E-state index is 0.587. The Morgan fingerprint density at radius 2 is 1.56 bits per heavy atom. The van der Waals surface area contributed by atoms with E-state index in [2.05, 4.69) is 60.8 Å². The van der Waals surface area contributed by atoms with Crippen LogP contribution in [0.15, 0.2) is 29.9 Å². The van der Waals surface area contributed by atoms with Crippen molar-refractivity contribution in [1.29, 1.82) is 0 Å². The minimum Gasteiger partial charge on any atom is -0.469 e. The first-order valence-corrected chi connectivity index (χ1v) is 6.04. The molecule has 1 heterocycles. The molecule has 1 heteroatoms. The van der Waals surface area contributed by atoms with Gasteiger partial charge in [-0.05, 0) is 23.5 Å². The summed E-state index contributed by atoms with van der Waals surface area (Å²) in [5, 5.41) is 0. The van der Waals surface area contributed by atoms with Gasteiger partial charge in [-0.15, -0.1) is 13.2 Å². The zero-order valence-electron chi connectivity index (χ0n) is 11.8. The van der Waals surface area contributed by atoms with Gasteiger partial charge in [-0.1, -0.05) is 41.5 Å². The van der Waals surface area contributed by atoms with E-state index in [4.69, 9.17) is 4.42 Å². The van der Waals surface area contributed by atoms with Crippen LogP contribution in [0.25, 0.3) is 0 Å². The van der Waals surface area contributed by atoms with Gasteiger partial charge in [0.25, 0.3) is 0 Å². The Kier molecular flexibility index (Phi) is 11.5. The van der Waals surface area contributed by atoms with Crippen LogP contribution in [0.5, 0.6) is 0 Å². The molecule has 0 radical (unpaired) electrons. The second-order valence-electron chi connectivity index (χ2n) is 4.59. The van der Waals surface area contributed by atoms with Crippen molar-refractivity contribution in [3.63, 3.8) is 0 Å². The lowest BCUT2D eigenvalue weighted by molar-refractivity contribution is 0.513. The standard InChI is InChI=1S/C9H14O.C4H10.C2H4/c1-4-9-5-8(6-10-9)7(2)3;1-4(2)3;1-2/h5-7H,4H2,1-3H3;4H,1-3H3;1-2H2. The first-order valence-electron chi connectivity index (χ1n) is 6.04. The van der Waals surface area contributed by atoms with Gasteiger partial charge in [-0.25, -0.2) is 0 Å². The topological polar surface area (TPSA) is 13.1 Å². The normalized spacial score (nSPS) is 9.25. The van der Waals surface area contributed by atoms with Gasteiger partial charge in [0.2, 0.25) is 0 Å². The van der Waals surface area contributed by atoms with E-state index in [-0.39, 0.29) is 0 Å². The molecule has 1 rings (SSSR count). The summed E-state index contributed by atoms with van der Waals surface area (Å²) in [5.74, 6) is 2.51. The third-order valence-electron chi connectivity index (χ3n) is 1.69. The van der Waals surface area contributed by atoms with Crippen LogP contribution in [-0.2, 0) is 6.42 Å². The fraction of sp³-hybridized carbons (Fsp3) is 0.600. The average Bonchev–Trinajstić information content (AvgIpc) is 2.68. The summed E-state index contributed by atoms with van der Waals surface area (Å²) in [6.45, 7) is 18.9. The van der Waals surface area contributed by atoms with Crippen LogP contribution in [0, 0.1) is 5.92 Å². The highest BCUT2D eigenvalue weighted by Gasteiger charge is 2.02. The summed E-state index contributed by atoms with van der Waals surface area (Å²) >= 11 is 0. The number of hydrogen-bond acceptors (Lipinski definition) is 1. The molecule has 0 aliphatic heterocycles. The molecule has 0 amide bonds. The largest absolute Gasteiger partial charge is 0.469 e. The van der Waals surface area contributed by atoms with Crippen molar-refractivity contribution in [2.24, 2.45) is 5.92 Å². The van der Waals surface area contributed by atoms with Crippen molar-refractivity contribution in [3.8, 4) is 0 Å². The molecule has 0 aliphatic rings. The van der Waals surface area contributed by atoms with Crippen LogP contribution in [0.2, 0.25) is 0 Å². The molecule has 1 aromatic rings. The van der Waals surface area contributed by atoms with Gasteiger partial charge in [0.1, 0.15) is 5.76 Å². The summed E-state index contributed by atoms with van der Waals surface area (Å²) in [6.07, 6.45) is 2.84. The van der Waals surface area contributed by atoms with Gasteiger partial charge in [-0.3, -0.25) is 0 Å². The molecule has 0 fully saturated rings. The van der Waals surface area contributed by atoms with Gasteiger partial charge in [0.15, 0.2) is 0 Å². The van der Waals surface area contributed by atoms with E-state index < -0.39 is 0 Å². The van der Waals surface area contributed by atoms with Crippen LogP contribution in [0.3, 0.4) is 0 Å². The van der Waals surface area contributed by atoms with Crippen LogP contribution in [-0.4, -0.2) is 0 Å². The highest BCUT2D eigenvalue weighted by Crippen LogP contribution is 2.17. The zero-order valence-corrected chi connectivity index (χ0v) is 11.8. The van der Waals surface area contributed by atoms with Crippen molar-refractivity contribution in [2.75, 3.05) is 0 Å². The molecule has 0 bridgehead atoms. The molecular weight excluding hydrogens is 196 g/mol. The Morgan fingerprint density at radius 3 is 1.75 bits per heavy atom. The maximum Gasteiger partial charge on any atom is 0.103 e. The summed E-state index contributed by atoms with van der Waals surface area (Å²) in [5.41, 5.74) is 1.30. The number of aryl methyl sites for hydroxylation is 1. The minimum atomic E-state index is 0.587. The molecule has 0 unspecified atom stereocenters. The molecule has 0 atom stereocenters. The molecule has 0 aliphatic carbocycles. The van der Waals surface area contributed by atoms with Crippen LogP contribution in [0.1, 0.15) is 58.8 Å². The Bertz CT molecular complexity index is 243. The van der Waals surface area contributed by atoms with Crippen molar-refractivity contribution in [3.05, 3.63) is 36.8 Å². The summed E-state index contributed by atoms with van der Waals surface area (Å²) < 4.78 is 5.28. The molecule has 0 saturated heterocycles. The quantitative estimate of drug-likeness (QED) is 0.610. The maximum absolute atomic E-state index is 5.28. The van der Waals surface area contributed by atoms with E-state index in [1.54, 1.807) is 0 Å². The van der Waals surface area contributed by atoms with E-state index in [0.29, 0.717) is 5.92 Å². The fourth-order valence-corrected chi connectivity index (χ4v) is 0.886. The predicted molar refractivity (Wildman–Crippen MR) is 73.9 cm³/mol. The molecular formula is C15H28O. The van der Waals surface area contributed by atoms with E-state index in [0.717, 1.165) is 18.1 Å². The van der Waals surface area contributed by atoms with Crippen molar-refractivity contribution < 1.29 is 4.42 Å². The molecule has 0 spiro atoms. The second kappa shape index (κ2) is 10.5. The lowest BCUT2D eigenvalue weighted by Gasteiger charge is -1.95. The molecule has 0 saturated carbocycles. The highest BCUT2D eigenvalue weighted by molar-refractivity contribution is 5.15. The van der Waals surface area contributed by atoms with Gasteiger partial charge in [-0.2, -0.15) is 0 Å². The molecule has 1 nitrogen and oxygen atoms in total. The highest BCUT2D eigenvalue weighted by atomic mass is 16.3. The Labute approximate surface area is 102 Å². The monoisotopic (exact) mass is 224 g/mol. The van der Waals surface area contributed by atoms with Gasteiger partial charge in [0.05, 0.1) is 6.26 Å². The summed E-state index contributed by atoms with van der Waals surface area (Å²) in [4.78, 5) is 0. The van der Waals surface area contributed by atoms with E-state index >= 15 is 0 Å². The molecule has 94 valence electrons. The number of rotatable bonds is 2. The van der Waals surface area contributed by atoms with Gasteiger partial charge < -0.3 is 4.42 Å². The van der Waals surface area contributed by atoms with E-state index in [9.17, 15) is 0 Å². The Balaban J connectivity index is 0. The number of furan rings is 1. The first-order chi connectivity index (χ1) is 7.47. The Morgan fingerprint density at radius 1 is 1.12 bits per heavy atom. The average molecular weight is 224 g/mol. The van der Waals surface area contributed by atoms with Crippen LogP contribution < -0.4 is 0 Å².